The summed E-state index contributed by atoms with van der Waals surface area (Å²) in [6, 6.07) is 8.41. The number of carbonyl (C=O) groups is 1. The summed E-state index contributed by atoms with van der Waals surface area (Å²) in [5.74, 6) is 0.373. The van der Waals surface area contributed by atoms with Gasteiger partial charge < -0.3 is 0 Å². The van der Waals surface area contributed by atoms with Crippen LogP contribution in [0.3, 0.4) is 0 Å². The van der Waals surface area contributed by atoms with Gasteiger partial charge in [0.2, 0.25) is 0 Å². The van der Waals surface area contributed by atoms with Crippen molar-refractivity contribution in [1.82, 2.24) is 0 Å². The lowest BCUT2D eigenvalue weighted by atomic mass is 9.66. The fourth-order valence-electron chi connectivity index (χ4n) is 3.50. The molecular weight excluding hydrogens is 208 g/mol. The molecule has 0 heterocycles. The van der Waals surface area contributed by atoms with Gasteiger partial charge in [0.25, 0.3) is 0 Å². The zero-order chi connectivity index (χ0) is 12.7. The van der Waals surface area contributed by atoms with Gasteiger partial charge in [0, 0.05) is 12.8 Å². The Kier molecular flexibility index (Phi) is 2.89. The third-order valence-electron chi connectivity index (χ3n) is 3.73. The van der Waals surface area contributed by atoms with Gasteiger partial charge in [-0.15, -0.1) is 0 Å². The van der Waals surface area contributed by atoms with Gasteiger partial charge >= 0.3 is 0 Å². The van der Waals surface area contributed by atoms with E-state index < -0.39 is 0 Å². The molecule has 0 fully saturated rings. The van der Waals surface area contributed by atoms with Crippen molar-refractivity contribution in [3.8, 4) is 0 Å². The van der Waals surface area contributed by atoms with Crippen LogP contribution >= 0.6 is 0 Å². The van der Waals surface area contributed by atoms with Gasteiger partial charge in [-0.3, -0.25) is 4.79 Å². The Morgan fingerprint density at radius 1 is 1.06 bits per heavy atom. The molecule has 0 bridgehead atoms. The molecule has 0 saturated heterocycles. The fourth-order valence-corrected chi connectivity index (χ4v) is 3.50. The van der Waals surface area contributed by atoms with E-state index in [4.69, 9.17) is 0 Å². The predicted octanol–water partition coefficient (Wildman–Crippen LogP) is 3.90. The predicted molar refractivity (Wildman–Crippen MR) is 71.2 cm³/mol. The van der Waals surface area contributed by atoms with E-state index in [-0.39, 0.29) is 10.8 Å². The van der Waals surface area contributed by atoms with Crippen molar-refractivity contribution in [3.63, 3.8) is 0 Å². The van der Waals surface area contributed by atoms with E-state index in [0.717, 1.165) is 6.42 Å². The second-order valence-electron chi connectivity index (χ2n) is 6.77. The van der Waals surface area contributed by atoms with Crippen LogP contribution in [0.2, 0.25) is 0 Å². The smallest absolute Gasteiger partial charge is 0.137 e. The lowest BCUT2D eigenvalue weighted by Gasteiger charge is -2.38. The molecular formula is C16H22O. The van der Waals surface area contributed by atoms with Crippen LogP contribution in [0.15, 0.2) is 24.3 Å². The number of carbonyl (C=O) groups excluding carboxylic acids is 1. The minimum atomic E-state index is 0.105. The van der Waals surface area contributed by atoms with E-state index in [1.54, 1.807) is 0 Å². The molecule has 1 aromatic carbocycles. The van der Waals surface area contributed by atoms with Crippen molar-refractivity contribution in [1.29, 1.82) is 0 Å². The SMILES string of the molecule is CC1(C)CC(=O)Cc2ccccc2C(C)(C)C1. The second kappa shape index (κ2) is 3.97. The summed E-state index contributed by atoms with van der Waals surface area (Å²) in [6.07, 6.45) is 2.36. The zero-order valence-corrected chi connectivity index (χ0v) is 11.3. The average Bonchev–Trinajstić information content (AvgIpc) is 2.13. The summed E-state index contributed by atoms with van der Waals surface area (Å²) in [6.45, 7) is 9.01. The molecule has 1 aromatic rings. The van der Waals surface area contributed by atoms with Gasteiger partial charge in [-0.1, -0.05) is 52.0 Å². The second-order valence-corrected chi connectivity index (χ2v) is 6.77. The van der Waals surface area contributed by atoms with E-state index in [1.165, 1.54) is 11.1 Å². The molecule has 2 rings (SSSR count). The number of ketones is 1. The highest BCUT2D eigenvalue weighted by Crippen LogP contribution is 2.42. The molecule has 0 N–H and O–H groups in total. The Labute approximate surface area is 104 Å². The minimum absolute atomic E-state index is 0.105. The van der Waals surface area contributed by atoms with Crippen molar-refractivity contribution >= 4 is 5.78 Å². The highest BCUT2D eigenvalue weighted by Gasteiger charge is 2.35. The molecule has 1 nitrogen and oxygen atoms in total. The molecule has 0 spiro atoms. The number of Topliss-reactive ketones (excluding diaryl/α,β-unsaturated/α-hetero) is 1. The Morgan fingerprint density at radius 2 is 1.71 bits per heavy atom. The lowest BCUT2D eigenvalue weighted by Crippen LogP contribution is -2.32. The summed E-state index contributed by atoms with van der Waals surface area (Å²) in [7, 11) is 0. The van der Waals surface area contributed by atoms with E-state index in [2.05, 4.69) is 45.9 Å². The number of benzene rings is 1. The van der Waals surface area contributed by atoms with Crippen molar-refractivity contribution in [2.45, 2.75) is 52.4 Å². The first-order chi connectivity index (χ1) is 7.80. The maximum Gasteiger partial charge on any atom is 0.137 e. The molecule has 0 aliphatic heterocycles. The quantitative estimate of drug-likeness (QED) is 0.660. The average molecular weight is 230 g/mol. The van der Waals surface area contributed by atoms with Crippen molar-refractivity contribution in [2.75, 3.05) is 0 Å². The maximum atomic E-state index is 12.0. The van der Waals surface area contributed by atoms with Crippen molar-refractivity contribution < 1.29 is 4.79 Å². The molecule has 1 aliphatic rings. The highest BCUT2D eigenvalue weighted by molar-refractivity contribution is 5.82. The normalized spacial score (nSPS) is 22.5. The van der Waals surface area contributed by atoms with Gasteiger partial charge in [-0.25, -0.2) is 0 Å². The molecule has 92 valence electrons. The number of hydrogen-bond acceptors (Lipinski definition) is 1. The summed E-state index contributed by atoms with van der Waals surface area (Å²) < 4.78 is 0. The van der Waals surface area contributed by atoms with E-state index >= 15 is 0 Å². The van der Waals surface area contributed by atoms with E-state index in [1.807, 2.05) is 6.07 Å². The fraction of sp³-hybridized carbons (Fsp3) is 0.562. The lowest BCUT2D eigenvalue weighted by molar-refractivity contribution is -0.120. The van der Waals surface area contributed by atoms with Crippen LogP contribution in [-0.4, -0.2) is 5.78 Å². The Morgan fingerprint density at radius 3 is 2.41 bits per heavy atom. The molecule has 1 heteroatoms. The standard InChI is InChI=1S/C16H22O/c1-15(2)10-13(17)9-12-7-5-6-8-14(12)16(3,4)11-15/h5-8H,9-11H2,1-4H3. The van der Waals surface area contributed by atoms with Gasteiger partial charge in [-0.2, -0.15) is 0 Å². The topological polar surface area (TPSA) is 17.1 Å². The first kappa shape index (κ1) is 12.3. The van der Waals surface area contributed by atoms with E-state index in [0.29, 0.717) is 18.6 Å². The number of hydrogen-bond donors (Lipinski definition) is 0. The molecule has 1 aliphatic carbocycles. The number of rotatable bonds is 0. The molecule has 0 atom stereocenters. The van der Waals surface area contributed by atoms with Crippen LogP contribution in [0.4, 0.5) is 0 Å². The monoisotopic (exact) mass is 230 g/mol. The van der Waals surface area contributed by atoms with Crippen LogP contribution in [-0.2, 0) is 16.6 Å². The molecule has 0 unspecified atom stereocenters. The van der Waals surface area contributed by atoms with Crippen LogP contribution in [0.25, 0.3) is 0 Å². The molecule has 0 amide bonds. The molecule has 0 saturated carbocycles. The third-order valence-corrected chi connectivity index (χ3v) is 3.73. The molecule has 17 heavy (non-hydrogen) atoms. The summed E-state index contributed by atoms with van der Waals surface area (Å²) in [5.41, 5.74) is 2.83. The third kappa shape index (κ3) is 2.59. The Bertz CT molecular complexity index is 441. The minimum Gasteiger partial charge on any atom is -0.299 e. The van der Waals surface area contributed by atoms with Gasteiger partial charge in [0.15, 0.2) is 0 Å². The summed E-state index contributed by atoms with van der Waals surface area (Å²) >= 11 is 0. The van der Waals surface area contributed by atoms with E-state index in [9.17, 15) is 4.79 Å². The summed E-state index contributed by atoms with van der Waals surface area (Å²) in [5, 5.41) is 0. The van der Waals surface area contributed by atoms with Gasteiger partial charge in [0.05, 0.1) is 0 Å². The van der Waals surface area contributed by atoms with Gasteiger partial charge in [-0.05, 0) is 28.4 Å². The molecule has 0 aromatic heterocycles. The van der Waals surface area contributed by atoms with Crippen LogP contribution in [0.5, 0.6) is 0 Å². The van der Waals surface area contributed by atoms with Crippen molar-refractivity contribution in [2.24, 2.45) is 5.41 Å². The van der Waals surface area contributed by atoms with Crippen LogP contribution in [0.1, 0.15) is 51.7 Å². The first-order valence-electron chi connectivity index (χ1n) is 6.40. The number of fused-ring (bicyclic) bond motifs is 1. The summed E-state index contributed by atoms with van der Waals surface area (Å²) in [4.78, 5) is 12.0. The Balaban J connectivity index is 2.51. The highest BCUT2D eigenvalue weighted by atomic mass is 16.1. The zero-order valence-electron chi connectivity index (χ0n) is 11.3. The van der Waals surface area contributed by atoms with Crippen LogP contribution in [0, 0.1) is 5.41 Å². The first-order valence-corrected chi connectivity index (χ1v) is 6.40. The maximum absolute atomic E-state index is 12.0. The van der Waals surface area contributed by atoms with Crippen molar-refractivity contribution in [3.05, 3.63) is 35.4 Å². The van der Waals surface area contributed by atoms with Crippen LogP contribution < -0.4 is 0 Å². The largest absolute Gasteiger partial charge is 0.299 e. The van der Waals surface area contributed by atoms with Gasteiger partial charge in [0.1, 0.15) is 5.78 Å². The Hall–Kier alpha value is -1.11. The molecule has 0 radical (unpaired) electrons.